The highest BCUT2D eigenvalue weighted by Gasteiger charge is 2.31. The average molecular weight is 293 g/mol. The van der Waals surface area contributed by atoms with Gasteiger partial charge in [-0.15, -0.1) is 0 Å². The van der Waals surface area contributed by atoms with E-state index < -0.39 is 6.10 Å². The van der Waals surface area contributed by atoms with Gasteiger partial charge in [0.05, 0.1) is 6.10 Å². The molecular weight excluding hydrogens is 269 g/mol. The lowest BCUT2D eigenvalue weighted by Crippen LogP contribution is -2.38. The quantitative estimate of drug-likeness (QED) is 0.839. The molecule has 1 aromatic carbocycles. The average Bonchev–Trinajstić information content (AvgIpc) is 3.29. The largest absolute Gasteiger partial charge is 0.391 e. The van der Waals surface area contributed by atoms with Crippen molar-refractivity contribution in [3.05, 3.63) is 35.6 Å². The Labute approximate surface area is 125 Å². The number of hydrogen-bond donors (Lipinski definition) is 1. The number of aliphatic hydroxyl groups is 1. The Morgan fingerprint density at radius 1 is 1.43 bits per heavy atom. The van der Waals surface area contributed by atoms with Gasteiger partial charge in [0.15, 0.2) is 0 Å². The maximum absolute atomic E-state index is 13.5. The molecule has 3 nitrogen and oxygen atoms in total. The number of halogens is 1. The van der Waals surface area contributed by atoms with Crippen molar-refractivity contribution in [2.24, 2.45) is 11.8 Å². The Balaban J connectivity index is 1.80. The van der Waals surface area contributed by atoms with Crippen LogP contribution in [0.3, 0.4) is 0 Å². The van der Waals surface area contributed by atoms with Crippen molar-refractivity contribution in [1.82, 2.24) is 4.90 Å². The van der Waals surface area contributed by atoms with Crippen LogP contribution in [0.1, 0.15) is 31.7 Å². The van der Waals surface area contributed by atoms with Crippen molar-refractivity contribution in [2.75, 3.05) is 13.6 Å². The number of hydrogen-bond acceptors (Lipinski definition) is 2. The van der Waals surface area contributed by atoms with Crippen LogP contribution in [0.5, 0.6) is 0 Å². The van der Waals surface area contributed by atoms with Crippen molar-refractivity contribution >= 4 is 5.91 Å². The van der Waals surface area contributed by atoms with Gasteiger partial charge in [-0.1, -0.05) is 25.1 Å². The fraction of sp³-hybridized carbons (Fsp3) is 0.588. The predicted octanol–water partition coefficient (Wildman–Crippen LogP) is 2.62. The van der Waals surface area contributed by atoms with Gasteiger partial charge in [-0.05, 0) is 43.2 Å². The molecule has 0 aromatic heterocycles. The fourth-order valence-corrected chi connectivity index (χ4v) is 2.57. The molecule has 0 spiro atoms. The minimum Gasteiger partial charge on any atom is -0.391 e. The van der Waals surface area contributed by atoms with Crippen LogP contribution in [0.4, 0.5) is 4.39 Å². The van der Waals surface area contributed by atoms with Gasteiger partial charge in [-0.25, -0.2) is 4.39 Å². The molecule has 0 bridgehead atoms. The van der Waals surface area contributed by atoms with Crippen LogP contribution < -0.4 is 0 Å². The second-order valence-corrected chi connectivity index (χ2v) is 6.15. The monoisotopic (exact) mass is 293 g/mol. The summed E-state index contributed by atoms with van der Waals surface area (Å²) in [5.41, 5.74) is 0.651. The minimum absolute atomic E-state index is 0.0195. The molecule has 0 heterocycles. The Kier molecular flexibility index (Phi) is 5.34. The second kappa shape index (κ2) is 7.03. The molecule has 0 saturated heterocycles. The second-order valence-electron chi connectivity index (χ2n) is 6.15. The zero-order valence-electron chi connectivity index (χ0n) is 12.8. The van der Waals surface area contributed by atoms with Crippen molar-refractivity contribution in [2.45, 2.75) is 38.7 Å². The molecule has 0 aliphatic heterocycles. The number of carbonyl (C=O) groups excluding carboxylic acids is 1. The zero-order valence-corrected chi connectivity index (χ0v) is 12.8. The molecule has 1 aliphatic rings. The maximum atomic E-state index is 13.5. The van der Waals surface area contributed by atoms with E-state index in [0.717, 1.165) is 12.8 Å². The van der Waals surface area contributed by atoms with E-state index in [4.69, 9.17) is 0 Å². The number of likely N-dealkylation sites (N-methyl/N-ethyl adjacent to an activating group) is 1. The molecule has 116 valence electrons. The Hall–Kier alpha value is -1.42. The zero-order chi connectivity index (χ0) is 15.4. The SMILES string of the molecule is CC(CCc1ccccc1F)C(=O)N(C)CC(O)C1CC1. The highest BCUT2D eigenvalue weighted by atomic mass is 19.1. The molecule has 1 fully saturated rings. The summed E-state index contributed by atoms with van der Waals surface area (Å²) < 4.78 is 13.5. The Bertz CT molecular complexity index is 487. The van der Waals surface area contributed by atoms with Crippen molar-refractivity contribution < 1.29 is 14.3 Å². The van der Waals surface area contributed by atoms with Crippen LogP contribution in [0.25, 0.3) is 0 Å². The highest BCUT2D eigenvalue weighted by Crippen LogP contribution is 2.32. The molecule has 2 unspecified atom stereocenters. The van der Waals surface area contributed by atoms with E-state index in [1.165, 1.54) is 6.07 Å². The third kappa shape index (κ3) is 4.53. The first kappa shape index (κ1) is 16.0. The van der Waals surface area contributed by atoms with Crippen molar-refractivity contribution in [3.63, 3.8) is 0 Å². The normalized spacial score (nSPS) is 17.3. The van der Waals surface area contributed by atoms with E-state index in [1.54, 1.807) is 24.1 Å². The number of aryl methyl sites for hydroxylation is 1. The first-order valence-corrected chi connectivity index (χ1v) is 7.65. The summed E-state index contributed by atoms with van der Waals surface area (Å²) in [6.07, 6.45) is 2.89. The summed E-state index contributed by atoms with van der Waals surface area (Å²) in [5.74, 6) is 0.00989. The van der Waals surface area contributed by atoms with E-state index in [0.29, 0.717) is 30.9 Å². The summed E-state index contributed by atoms with van der Waals surface area (Å²) in [4.78, 5) is 13.9. The van der Waals surface area contributed by atoms with Crippen LogP contribution in [-0.2, 0) is 11.2 Å². The molecule has 1 N–H and O–H groups in total. The van der Waals surface area contributed by atoms with Gasteiger partial charge in [0.1, 0.15) is 5.82 Å². The van der Waals surface area contributed by atoms with E-state index >= 15 is 0 Å². The predicted molar refractivity (Wildman–Crippen MR) is 80.3 cm³/mol. The Morgan fingerprint density at radius 2 is 2.10 bits per heavy atom. The third-order valence-electron chi connectivity index (χ3n) is 4.23. The number of nitrogens with zero attached hydrogens (tertiary/aromatic N) is 1. The lowest BCUT2D eigenvalue weighted by atomic mass is 9.99. The van der Waals surface area contributed by atoms with Gasteiger partial charge in [0.25, 0.3) is 0 Å². The highest BCUT2D eigenvalue weighted by molar-refractivity contribution is 5.78. The van der Waals surface area contributed by atoms with Crippen LogP contribution in [0.2, 0.25) is 0 Å². The summed E-state index contributed by atoms with van der Waals surface area (Å²) in [7, 11) is 1.73. The smallest absolute Gasteiger partial charge is 0.225 e. The summed E-state index contributed by atoms with van der Waals surface area (Å²) in [5, 5.41) is 9.89. The summed E-state index contributed by atoms with van der Waals surface area (Å²) >= 11 is 0. The fourth-order valence-electron chi connectivity index (χ4n) is 2.57. The maximum Gasteiger partial charge on any atom is 0.225 e. The van der Waals surface area contributed by atoms with Gasteiger partial charge in [-0.3, -0.25) is 4.79 Å². The molecule has 1 aliphatic carbocycles. The molecule has 1 amide bonds. The van der Waals surface area contributed by atoms with E-state index in [1.807, 2.05) is 13.0 Å². The van der Waals surface area contributed by atoms with E-state index in [-0.39, 0.29) is 17.6 Å². The van der Waals surface area contributed by atoms with E-state index in [9.17, 15) is 14.3 Å². The first-order chi connectivity index (χ1) is 9.99. The van der Waals surface area contributed by atoms with Crippen molar-refractivity contribution in [1.29, 1.82) is 0 Å². The van der Waals surface area contributed by atoms with Crippen LogP contribution in [-0.4, -0.2) is 35.6 Å². The third-order valence-corrected chi connectivity index (χ3v) is 4.23. The first-order valence-electron chi connectivity index (χ1n) is 7.65. The lowest BCUT2D eigenvalue weighted by molar-refractivity contribution is -0.135. The number of benzene rings is 1. The lowest BCUT2D eigenvalue weighted by Gasteiger charge is -2.24. The Morgan fingerprint density at radius 3 is 2.71 bits per heavy atom. The molecule has 2 rings (SSSR count). The molecule has 21 heavy (non-hydrogen) atoms. The number of aliphatic hydroxyl groups excluding tert-OH is 1. The number of amides is 1. The molecule has 1 saturated carbocycles. The van der Waals surface area contributed by atoms with Gasteiger partial charge < -0.3 is 10.0 Å². The molecule has 2 atom stereocenters. The molecule has 4 heteroatoms. The standard InChI is InChI=1S/C17H24FNO2/c1-12(7-8-13-5-3-4-6-15(13)18)17(21)19(2)11-16(20)14-9-10-14/h3-6,12,14,16,20H,7-11H2,1-2H3. The van der Waals surface area contributed by atoms with Crippen LogP contribution >= 0.6 is 0 Å². The summed E-state index contributed by atoms with van der Waals surface area (Å²) in [6.45, 7) is 2.26. The van der Waals surface area contributed by atoms with Crippen molar-refractivity contribution in [3.8, 4) is 0 Å². The topological polar surface area (TPSA) is 40.5 Å². The van der Waals surface area contributed by atoms with Crippen LogP contribution in [0, 0.1) is 17.7 Å². The van der Waals surface area contributed by atoms with Gasteiger partial charge in [0, 0.05) is 19.5 Å². The van der Waals surface area contributed by atoms with Gasteiger partial charge in [-0.2, -0.15) is 0 Å². The van der Waals surface area contributed by atoms with Gasteiger partial charge in [0.2, 0.25) is 5.91 Å². The summed E-state index contributed by atoms with van der Waals surface area (Å²) in [6, 6.07) is 6.68. The van der Waals surface area contributed by atoms with Crippen LogP contribution in [0.15, 0.2) is 24.3 Å². The van der Waals surface area contributed by atoms with Gasteiger partial charge >= 0.3 is 0 Å². The molecule has 1 aromatic rings. The molecule has 0 radical (unpaired) electrons. The van der Waals surface area contributed by atoms with E-state index in [2.05, 4.69) is 0 Å². The number of carbonyl (C=O) groups is 1. The minimum atomic E-state index is -0.405. The number of rotatable bonds is 7. The molecular formula is C17H24FNO2.